The van der Waals surface area contributed by atoms with E-state index in [0.717, 1.165) is 6.54 Å². The number of methoxy groups -OCH3 is 1. The molecule has 0 aromatic heterocycles. The Balaban J connectivity index is 2.59. The normalized spacial score (nSPS) is 9.89. The topological polar surface area (TPSA) is 100 Å². The second-order valence-electron chi connectivity index (χ2n) is 3.74. The quantitative estimate of drug-likeness (QED) is 0.414. The van der Waals surface area contributed by atoms with E-state index in [1.165, 1.54) is 6.07 Å². The Kier molecular flexibility index (Phi) is 6.29. The van der Waals surface area contributed by atoms with Gasteiger partial charge in [0, 0.05) is 26.7 Å². The van der Waals surface area contributed by atoms with Crippen molar-refractivity contribution >= 4 is 11.4 Å². The lowest BCUT2D eigenvalue weighted by molar-refractivity contribution is -0.384. The Morgan fingerprint density at radius 2 is 2.21 bits per heavy atom. The SMILES string of the molecule is COCCNCCNc1cccc(C#N)c1[N+](=O)[O-]. The van der Waals surface area contributed by atoms with E-state index in [1.807, 2.05) is 6.07 Å². The molecule has 1 aromatic carbocycles. The highest BCUT2D eigenvalue weighted by Crippen LogP contribution is 2.27. The van der Waals surface area contributed by atoms with Crippen LogP contribution in [0.4, 0.5) is 11.4 Å². The molecule has 7 nitrogen and oxygen atoms in total. The molecule has 2 N–H and O–H groups in total. The zero-order valence-electron chi connectivity index (χ0n) is 10.7. The molecule has 0 saturated heterocycles. The average molecular weight is 264 g/mol. The molecule has 102 valence electrons. The first-order valence-electron chi connectivity index (χ1n) is 5.81. The first-order chi connectivity index (χ1) is 9.20. The number of para-hydroxylation sites is 1. The lowest BCUT2D eigenvalue weighted by atomic mass is 10.1. The van der Waals surface area contributed by atoms with Crippen molar-refractivity contribution in [1.82, 2.24) is 5.32 Å². The van der Waals surface area contributed by atoms with Crippen molar-refractivity contribution in [1.29, 1.82) is 5.26 Å². The Morgan fingerprint density at radius 1 is 1.42 bits per heavy atom. The van der Waals surface area contributed by atoms with Gasteiger partial charge in [0.1, 0.15) is 17.3 Å². The number of benzene rings is 1. The van der Waals surface area contributed by atoms with Crippen LogP contribution >= 0.6 is 0 Å². The van der Waals surface area contributed by atoms with Crippen LogP contribution in [0, 0.1) is 21.4 Å². The van der Waals surface area contributed by atoms with Crippen LogP contribution in [0.15, 0.2) is 18.2 Å². The number of nitriles is 1. The number of ether oxygens (including phenoxy) is 1. The van der Waals surface area contributed by atoms with Crippen molar-refractivity contribution in [2.75, 3.05) is 38.7 Å². The zero-order valence-corrected chi connectivity index (χ0v) is 10.7. The van der Waals surface area contributed by atoms with Crippen LogP contribution in [0.1, 0.15) is 5.56 Å². The Bertz CT molecular complexity index is 471. The molecule has 0 spiro atoms. The molecule has 0 aliphatic rings. The molecule has 0 amide bonds. The molecule has 1 rings (SSSR count). The van der Waals surface area contributed by atoms with E-state index in [4.69, 9.17) is 10.00 Å². The van der Waals surface area contributed by atoms with Gasteiger partial charge in [0.25, 0.3) is 0 Å². The lowest BCUT2D eigenvalue weighted by Gasteiger charge is -2.08. The molecule has 0 fully saturated rings. The molecule has 1 aromatic rings. The van der Waals surface area contributed by atoms with Gasteiger partial charge in [-0.05, 0) is 12.1 Å². The fraction of sp³-hybridized carbons (Fsp3) is 0.417. The van der Waals surface area contributed by atoms with Gasteiger partial charge < -0.3 is 15.4 Å². The molecule has 0 saturated carbocycles. The summed E-state index contributed by atoms with van der Waals surface area (Å²) in [6, 6.07) is 6.46. The van der Waals surface area contributed by atoms with E-state index in [-0.39, 0.29) is 11.3 Å². The third kappa shape index (κ3) is 4.54. The number of hydrogen-bond acceptors (Lipinski definition) is 6. The van der Waals surface area contributed by atoms with Crippen molar-refractivity contribution in [3.05, 3.63) is 33.9 Å². The number of rotatable bonds is 8. The van der Waals surface area contributed by atoms with Crippen molar-refractivity contribution in [3.8, 4) is 6.07 Å². The molecular weight excluding hydrogens is 248 g/mol. The summed E-state index contributed by atoms with van der Waals surface area (Å²) >= 11 is 0. The summed E-state index contributed by atoms with van der Waals surface area (Å²) in [7, 11) is 1.62. The molecular formula is C12H16N4O3. The number of nitrogens with one attached hydrogen (secondary N) is 2. The summed E-state index contributed by atoms with van der Waals surface area (Å²) in [6.07, 6.45) is 0. The molecule has 0 aliphatic carbocycles. The number of hydrogen-bond donors (Lipinski definition) is 2. The van der Waals surface area contributed by atoms with E-state index in [1.54, 1.807) is 19.2 Å². The summed E-state index contributed by atoms with van der Waals surface area (Å²) in [4.78, 5) is 10.4. The molecule has 0 bridgehead atoms. The van der Waals surface area contributed by atoms with Gasteiger partial charge in [-0.15, -0.1) is 0 Å². The van der Waals surface area contributed by atoms with Crippen molar-refractivity contribution in [2.45, 2.75) is 0 Å². The Hall–Kier alpha value is -2.17. The van der Waals surface area contributed by atoms with Gasteiger partial charge in [-0.2, -0.15) is 5.26 Å². The smallest absolute Gasteiger partial charge is 0.309 e. The highest BCUT2D eigenvalue weighted by molar-refractivity contribution is 5.68. The van der Waals surface area contributed by atoms with Gasteiger partial charge in [-0.1, -0.05) is 6.07 Å². The van der Waals surface area contributed by atoms with Gasteiger partial charge in [0.15, 0.2) is 0 Å². The van der Waals surface area contributed by atoms with E-state index >= 15 is 0 Å². The van der Waals surface area contributed by atoms with Gasteiger partial charge in [0.2, 0.25) is 0 Å². The maximum atomic E-state index is 11.0. The first-order valence-corrected chi connectivity index (χ1v) is 5.81. The molecule has 0 aliphatic heterocycles. The third-order valence-electron chi connectivity index (χ3n) is 2.44. The highest BCUT2D eigenvalue weighted by atomic mass is 16.6. The second kappa shape index (κ2) is 8.02. The van der Waals surface area contributed by atoms with Crippen LogP contribution in [0.3, 0.4) is 0 Å². The molecule has 7 heteroatoms. The van der Waals surface area contributed by atoms with E-state index < -0.39 is 4.92 Å². The number of nitrogens with zero attached hydrogens (tertiary/aromatic N) is 2. The Labute approximate surface area is 111 Å². The predicted octanol–water partition coefficient (Wildman–Crippen LogP) is 1.11. The standard InChI is InChI=1S/C12H16N4O3/c1-19-8-7-14-5-6-15-11-4-2-3-10(9-13)12(11)16(17)18/h2-4,14-15H,5-8H2,1H3. The fourth-order valence-electron chi connectivity index (χ4n) is 1.56. The first kappa shape index (κ1) is 14.9. The summed E-state index contributed by atoms with van der Waals surface area (Å²) in [5.74, 6) is 0. The number of nitro benzene ring substituents is 1. The van der Waals surface area contributed by atoms with E-state index in [0.29, 0.717) is 25.4 Å². The van der Waals surface area contributed by atoms with Crippen LogP contribution in [0.5, 0.6) is 0 Å². The molecule has 0 unspecified atom stereocenters. The fourth-order valence-corrected chi connectivity index (χ4v) is 1.56. The van der Waals surface area contributed by atoms with E-state index in [2.05, 4.69) is 10.6 Å². The average Bonchev–Trinajstić information content (AvgIpc) is 2.42. The highest BCUT2D eigenvalue weighted by Gasteiger charge is 2.18. The van der Waals surface area contributed by atoms with Crippen LogP contribution in [0.25, 0.3) is 0 Å². The minimum absolute atomic E-state index is 0.0577. The van der Waals surface area contributed by atoms with Gasteiger partial charge in [0.05, 0.1) is 11.5 Å². The summed E-state index contributed by atoms with van der Waals surface area (Å²) < 4.78 is 4.88. The number of anilines is 1. The monoisotopic (exact) mass is 264 g/mol. The van der Waals surface area contributed by atoms with E-state index in [9.17, 15) is 10.1 Å². The van der Waals surface area contributed by atoms with Gasteiger partial charge >= 0.3 is 5.69 Å². The summed E-state index contributed by atoms with van der Waals surface area (Å²) in [5.41, 5.74) is 0.238. The van der Waals surface area contributed by atoms with Crippen LogP contribution in [-0.2, 0) is 4.74 Å². The largest absolute Gasteiger partial charge is 0.383 e. The maximum absolute atomic E-state index is 11.0. The van der Waals surface area contributed by atoms with Crippen LogP contribution in [-0.4, -0.2) is 38.3 Å². The minimum Gasteiger partial charge on any atom is -0.383 e. The van der Waals surface area contributed by atoms with Gasteiger partial charge in [-0.25, -0.2) is 0 Å². The molecule has 19 heavy (non-hydrogen) atoms. The van der Waals surface area contributed by atoms with Crippen molar-refractivity contribution in [3.63, 3.8) is 0 Å². The van der Waals surface area contributed by atoms with Crippen LogP contribution < -0.4 is 10.6 Å². The summed E-state index contributed by atoms with van der Waals surface area (Å²) in [5, 5.41) is 25.9. The Morgan fingerprint density at radius 3 is 2.84 bits per heavy atom. The van der Waals surface area contributed by atoms with Crippen molar-refractivity contribution in [2.24, 2.45) is 0 Å². The zero-order chi connectivity index (χ0) is 14.1. The minimum atomic E-state index is -0.542. The maximum Gasteiger partial charge on any atom is 0.309 e. The number of nitro groups is 1. The van der Waals surface area contributed by atoms with Crippen molar-refractivity contribution < 1.29 is 9.66 Å². The van der Waals surface area contributed by atoms with Crippen LogP contribution in [0.2, 0.25) is 0 Å². The predicted molar refractivity (Wildman–Crippen MR) is 71.0 cm³/mol. The molecule has 0 heterocycles. The summed E-state index contributed by atoms with van der Waals surface area (Å²) in [6.45, 7) is 2.51. The molecule has 0 atom stereocenters. The lowest BCUT2D eigenvalue weighted by Crippen LogP contribution is -2.25. The van der Waals surface area contributed by atoms with Gasteiger partial charge in [-0.3, -0.25) is 10.1 Å². The molecule has 0 radical (unpaired) electrons. The third-order valence-corrected chi connectivity index (χ3v) is 2.44. The second-order valence-corrected chi connectivity index (χ2v) is 3.74.